The van der Waals surface area contributed by atoms with E-state index in [0.717, 1.165) is 25.9 Å². The van der Waals surface area contributed by atoms with E-state index < -0.39 is 5.54 Å². The fourth-order valence-corrected chi connectivity index (χ4v) is 3.31. The third kappa shape index (κ3) is 2.95. The standard InChI is InChI=1S/C12H22N2O2S/c1-17-10-3-2-6-14(7-4-10)11(15)12(13)5-8-16-9-12/h10H,2-9,13H2,1H3. The molecule has 2 atom stereocenters. The molecular formula is C12H22N2O2S. The zero-order valence-corrected chi connectivity index (χ0v) is 11.3. The van der Waals surface area contributed by atoms with E-state index in [9.17, 15) is 4.79 Å². The first-order valence-electron chi connectivity index (χ1n) is 6.34. The summed E-state index contributed by atoms with van der Waals surface area (Å²) in [4.78, 5) is 14.3. The van der Waals surface area contributed by atoms with Crippen LogP contribution in [-0.2, 0) is 9.53 Å². The van der Waals surface area contributed by atoms with Crippen LogP contribution in [0.4, 0.5) is 0 Å². The number of nitrogens with two attached hydrogens (primary N) is 1. The highest BCUT2D eigenvalue weighted by Gasteiger charge is 2.41. The zero-order valence-electron chi connectivity index (χ0n) is 10.5. The molecule has 2 aliphatic heterocycles. The Morgan fingerprint density at radius 3 is 2.94 bits per heavy atom. The van der Waals surface area contributed by atoms with Crippen LogP contribution in [0.15, 0.2) is 0 Å². The lowest BCUT2D eigenvalue weighted by molar-refractivity contribution is -0.136. The summed E-state index contributed by atoms with van der Waals surface area (Å²) in [7, 11) is 0. The number of nitrogens with zero attached hydrogens (tertiary/aromatic N) is 1. The van der Waals surface area contributed by atoms with Crippen LogP contribution in [0.3, 0.4) is 0 Å². The van der Waals surface area contributed by atoms with Crippen LogP contribution in [0.2, 0.25) is 0 Å². The number of carbonyl (C=O) groups is 1. The van der Waals surface area contributed by atoms with Gasteiger partial charge in [-0.05, 0) is 31.9 Å². The van der Waals surface area contributed by atoms with E-state index in [0.29, 0.717) is 24.9 Å². The minimum atomic E-state index is -0.751. The Morgan fingerprint density at radius 2 is 2.29 bits per heavy atom. The van der Waals surface area contributed by atoms with Crippen molar-refractivity contribution in [1.82, 2.24) is 4.90 Å². The molecule has 0 aromatic carbocycles. The summed E-state index contributed by atoms with van der Waals surface area (Å²) in [6.07, 6.45) is 6.20. The van der Waals surface area contributed by atoms with Crippen molar-refractivity contribution in [3.05, 3.63) is 0 Å². The summed E-state index contributed by atoms with van der Waals surface area (Å²) < 4.78 is 5.27. The Hall–Kier alpha value is -0.260. The van der Waals surface area contributed by atoms with Crippen LogP contribution in [0, 0.1) is 0 Å². The minimum Gasteiger partial charge on any atom is -0.379 e. The summed E-state index contributed by atoms with van der Waals surface area (Å²) in [6, 6.07) is 0. The fraction of sp³-hybridized carbons (Fsp3) is 0.917. The molecule has 2 N–H and O–H groups in total. The van der Waals surface area contributed by atoms with Crippen LogP contribution >= 0.6 is 11.8 Å². The molecule has 17 heavy (non-hydrogen) atoms. The molecule has 0 aromatic rings. The number of carbonyl (C=O) groups excluding carboxylic acids is 1. The predicted octanol–water partition coefficient (Wildman–Crippen LogP) is 0.848. The topological polar surface area (TPSA) is 55.6 Å². The molecule has 0 aliphatic carbocycles. The van der Waals surface area contributed by atoms with E-state index in [-0.39, 0.29) is 5.91 Å². The van der Waals surface area contributed by atoms with E-state index in [2.05, 4.69) is 6.26 Å². The van der Waals surface area contributed by atoms with Gasteiger partial charge >= 0.3 is 0 Å². The largest absolute Gasteiger partial charge is 0.379 e. The molecule has 5 heteroatoms. The second-order valence-corrected chi connectivity index (χ2v) is 6.18. The molecule has 2 unspecified atom stereocenters. The van der Waals surface area contributed by atoms with Crippen LogP contribution in [0.5, 0.6) is 0 Å². The van der Waals surface area contributed by atoms with Crippen molar-refractivity contribution >= 4 is 17.7 Å². The maximum Gasteiger partial charge on any atom is 0.245 e. The van der Waals surface area contributed by atoms with Gasteiger partial charge in [-0.3, -0.25) is 4.79 Å². The molecule has 2 rings (SSSR count). The van der Waals surface area contributed by atoms with Crippen molar-refractivity contribution in [3.63, 3.8) is 0 Å². The molecule has 2 heterocycles. The van der Waals surface area contributed by atoms with Crippen molar-refractivity contribution < 1.29 is 9.53 Å². The van der Waals surface area contributed by atoms with E-state index in [1.807, 2.05) is 16.7 Å². The highest BCUT2D eigenvalue weighted by Crippen LogP contribution is 2.24. The predicted molar refractivity (Wildman–Crippen MR) is 70.1 cm³/mol. The van der Waals surface area contributed by atoms with Gasteiger partial charge in [0.05, 0.1) is 6.61 Å². The number of ether oxygens (including phenoxy) is 1. The monoisotopic (exact) mass is 258 g/mol. The maximum atomic E-state index is 12.4. The van der Waals surface area contributed by atoms with Crippen molar-refractivity contribution in [1.29, 1.82) is 0 Å². The lowest BCUT2D eigenvalue weighted by Gasteiger charge is -2.29. The SMILES string of the molecule is CSC1CCCN(C(=O)C2(N)CCOC2)CC1. The molecule has 2 fully saturated rings. The summed E-state index contributed by atoms with van der Waals surface area (Å²) in [5, 5.41) is 0.696. The number of likely N-dealkylation sites (tertiary alicyclic amines) is 1. The first-order chi connectivity index (χ1) is 8.15. The Morgan fingerprint density at radius 1 is 1.47 bits per heavy atom. The van der Waals surface area contributed by atoms with Gasteiger partial charge in [0.1, 0.15) is 5.54 Å². The van der Waals surface area contributed by atoms with Gasteiger partial charge in [-0.1, -0.05) is 0 Å². The average Bonchev–Trinajstić information content (AvgIpc) is 2.66. The van der Waals surface area contributed by atoms with Gasteiger partial charge in [-0.15, -0.1) is 0 Å². The Balaban J connectivity index is 1.95. The smallest absolute Gasteiger partial charge is 0.245 e. The van der Waals surface area contributed by atoms with Crippen molar-refractivity contribution in [2.24, 2.45) is 5.73 Å². The second kappa shape index (κ2) is 5.59. The number of hydrogen-bond acceptors (Lipinski definition) is 4. The Labute approximate surface area is 107 Å². The lowest BCUT2D eigenvalue weighted by Crippen LogP contribution is -2.56. The average molecular weight is 258 g/mol. The van der Waals surface area contributed by atoms with Gasteiger partial charge in [0.2, 0.25) is 5.91 Å². The molecule has 0 aromatic heterocycles. The molecule has 0 spiro atoms. The quantitative estimate of drug-likeness (QED) is 0.798. The van der Waals surface area contributed by atoms with E-state index >= 15 is 0 Å². The maximum absolute atomic E-state index is 12.4. The highest BCUT2D eigenvalue weighted by molar-refractivity contribution is 7.99. The van der Waals surface area contributed by atoms with E-state index in [1.165, 1.54) is 6.42 Å². The molecule has 1 amide bonds. The highest BCUT2D eigenvalue weighted by atomic mass is 32.2. The number of hydrogen-bond donors (Lipinski definition) is 1. The summed E-state index contributed by atoms with van der Waals surface area (Å²) in [5.41, 5.74) is 5.38. The van der Waals surface area contributed by atoms with Crippen LogP contribution in [-0.4, -0.2) is 54.2 Å². The molecule has 98 valence electrons. The molecular weight excluding hydrogens is 236 g/mol. The van der Waals surface area contributed by atoms with Gasteiger partial charge in [0.25, 0.3) is 0 Å². The Bertz CT molecular complexity index is 280. The molecule has 0 bridgehead atoms. The number of thioether (sulfide) groups is 1. The van der Waals surface area contributed by atoms with Gasteiger partial charge in [0.15, 0.2) is 0 Å². The molecule has 2 saturated heterocycles. The van der Waals surface area contributed by atoms with Crippen LogP contribution in [0.25, 0.3) is 0 Å². The summed E-state index contributed by atoms with van der Waals surface area (Å²) in [6.45, 7) is 2.70. The molecule has 4 nitrogen and oxygen atoms in total. The van der Waals surface area contributed by atoms with Gasteiger partial charge in [-0.25, -0.2) is 0 Å². The molecule has 0 saturated carbocycles. The van der Waals surface area contributed by atoms with E-state index in [4.69, 9.17) is 10.5 Å². The molecule has 0 radical (unpaired) electrons. The van der Waals surface area contributed by atoms with Crippen molar-refractivity contribution in [2.45, 2.75) is 36.5 Å². The third-order valence-corrected chi connectivity index (χ3v) is 4.91. The van der Waals surface area contributed by atoms with Crippen LogP contribution in [0.1, 0.15) is 25.7 Å². The normalized spacial score (nSPS) is 34.7. The lowest BCUT2D eigenvalue weighted by atomic mass is 9.98. The van der Waals surface area contributed by atoms with Gasteiger partial charge in [-0.2, -0.15) is 11.8 Å². The van der Waals surface area contributed by atoms with Crippen molar-refractivity contribution in [3.8, 4) is 0 Å². The van der Waals surface area contributed by atoms with Gasteiger partial charge < -0.3 is 15.4 Å². The van der Waals surface area contributed by atoms with Gasteiger partial charge in [0, 0.05) is 24.9 Å². The number of amides is 1. The first-order valence-corrected chi connectivity index (χ1v) is 7.63. The molecule has 2 aliphatic rings. The number of rotatable bonds is 2. The van der Waals surface area contributed by atoms with E-state index in [1.54, 1.807) is 0 Å². The zero-order chi connectivity index (χ0) is 12.3. The van der Waals surface area contributed by atoms with Crippen LogP contribution < -0.4 is 5.73 Å². The Kier molecular flexibility index (Phi) is 4.33. The third-order valence-electron chi connectivity index (χ3n) is 3.77. The fourth-order valence-electron chi connectivity index (χ4n) is 2.57. The second-order valence-electron chi connectivity index (χ2n) is 5.04. The summed E-state index contributed by atoms with van der Waals surface area (Å²) >= 11 is 1.91. The summed E-state index contributed by atoms with van der Waals surface area (Å²) in [5.74, 6) is 0.0942. The first kappa shape index (κ1) is 13.2. The van der Waals surface area contributed by atoms with Crippen molar-refractivity contribution in [2.75, 3.05) is 32.6 Å². The minimum absolute atomic E-state index is 0.0942.